The van der Waals surface area contributed by atoms with Gasteiger partial charge in [0.15, 0.2) is 6.10 Å². The first-order chi connectivity index (χ1) is 35.5. The van der Waals surface area contributed by atoms with Crippen molar-refractivity contribution in [3.63, 3.8) is 0 Å². The van der Waals surface area contributed by atoms with Crippen LogP contribution in [-0.4, -0.2) is 37.2 Å². The van der Waals surface area contributed by atoms with Crippen LogP contribution in [0.2, 0.25) is 0 Å². The summed E-state index contributed by atoms with van der Waals surface area (Å²) in [5, 5.41) is 0. The maximum absolute atomic E-state index is 12.9. The van der Waals surface area contributed by atoms with Gasteiger partial charge in [0.25, 0.3) is 0 Å². The first kappa shape index (κ1) is 68.3. The molecule has 0 aliphatic rings. The molecule has 0 amide bonds. The number of rotatable bonds is 54. The molecule has 0 bridgehead atoms. The van der Waals surface area contributed by atoms with Gasteiger partial charge in [-0.1, -0.05) is 259 Å². The summed E-state index contributed by atoms with van der Waals surface area (Å²) in [6.45, 7) is 6.48. The highest BCUT2D eigenvalue weighted by Crippen LogP contribution is 2.15. The van der Waals surface area contributed by atoms with Crippen LogP contribution in [0.25, 0.3) is 0 Å². The third kappa shape index (κ3) is 57.2. The molecule has 0 saturated heterocycles. The molecule has 0 fully saturated rings. The number of esters is 3. The molecule has 1 atom stereocenters. The van der Waals surface area contributed by atoms with E-state index in [1.807, 2.05) is 0 Å². The van der Waals surface area contributed by atoms with E-state index in [2.05, 4.69) is 118 Å². The lowest BCUT2D eigenvalue weighted by molar-refractivity contribution is -0.167. The SMILES string of the molecule is CC/C=C\C/C=C\C/C=C\C/C=C\C/C=C\CCCCCCCCCCCC(=O)OCC(COC(=O)CCCCCCCCCCCC)OC(=O)CCCCCCCC/C=C\C/C=C\C/C=C\CCCCC. The summed E-state index contributed by atoms with van der Waals surface area (Å²) < 4.78 is 16.9. The second kappa shape index (κ2) is 59.9. The zero-order valence-electron chi connectivity index (χ0n) is 47.2. The van der Waals surface area contributed by atoms with Gasteiger partial charge in [-0.25, -0.2) is 0 Å². The minimum atomic E-state index is -0.786. The van der Waals surface area contributed by atoms with E-state index in [1.54, 1.807) is 0 Å². The summed E-state index contributed by atoms with van der Waals surface area (Å²) in [5.41, 5.74) is 0. The second-order valence-electron chi connectivity index (χ2n) is 19.9. The molecular formula is C66H112O6. The van der Waals surface area contributed by atoms with Crippen LogP contribution < -0.4 is 0 Å². The average molecular weight is 1000 g/mol. The van der Waals surface area contributed by atoms with Gasteiger partial charge in [-0.3, -0.25) is 14.4 Å². The molecule has 0 aromatic carbocycles. The Morgan fingerprint density at radius 2 is 0.542 bits per heavy atom. The van der Waals surface area contributed by atoms with E-state index in [-0.39, 0.29) is 31.1 Å². The molecule has 0 aliphatic carbocycles. The Morgan fingerprint density at radius 3 is 0.875 bits per heavy atom. The lowest BCUT2D eigenvalue weighted by Gasteiger charge is -2.18. The minimum absolute atomic E-state index is 0.0831. The van der Waals surface area contributed by atoms with E-state index in [1.165, 1.54) is 122 Å². The van der Waals surface area contributed by atoms with Crippen molar-refractivity contribution in [1.29, 1.82) is 0 Å². The van der Waals surface area contributed by atoms with Crippen molar-refractivity contribution in [1.82, 2.24) is 0 Å². The molecule has 0 radical (unpaired) electrons. The van der Waals surface area contributed by atoms with Crippen molar-refractivity contribution in [3.8, 4) is 0 Å². The van der Waals surface area contributed by atoms with Crippen LogP contribution in [0.1, 0.15) is 284 Å². The van der Waals surface area contributed by atoms with Crippen LogP contribution in [0.5, 0.6) is 0 Å². The summed E-state index contributed by atoms with van der Waals surface area (Å²) in [6.07, 6.45) is 79.7. The molecule has 0 spiro atoms. The molecule has 0 saturated carbocycles. The van der Waals surface area contributed by atoms with Crippen molar-refractivity contribution in [3.05, 3.63) is 97.2 Å². The second-order valence-corrected chi connectivity index (χ2v) is 19.9. The monoisotopic (exact) mass is 1000 g/mol. The third-order valence-corrected chi connectivity index (χ3v) is 12.8. The predicted molar refractivity (Wildman–Crippen MR) is 311 cm³/mol. The van der Waals surface area contributed by atoms with Crippen molar-refractivity contribution in [2.75, 3.05) is 13.2 Å². The molecule has 0 rings (SSSR count). The first-order valence-corrected chi connectivity index (χ1v) is 30.2. The largest absolute Gasteiger partial charge is 0.462 e. The van der Waals surface area contributed by atoms with Gasteiger partial charge in [0.05, 0.1) is 0 Å². The fraction of sp³-hybridized carbons (Fsp3) is 0.712. The number of allylic oxidation sites excluding steroid dienone is 16. The highest BCUT2D eigenvalue weighted by molar-refractivity contribution is 5.71. The van der Waals surface area contributed by atoms with Crippen molar-refractivity contribution >= 4 is 17.9 Å². The van der Waals surface area contributed by atoms with Crippen molar-refractivity contribution in [2.24, 2.45) is 0 Å². The topological polar surface area (TPSA) is 78.9 Å². The first-order valence-electron chi connectivity index (χ1n) is 30.2. The van der Waals surface area contributed by atoms with Gasteiger partial charge in [-0.05, 0) is 103 Å². The normalized spacial score (nSPS) is 12.8. The summed E-state index contributed by atoms with van der Waals surface area (Å²) in [6, 6.07) is 0. The molecule has 72 heavy (non-hydrogen) atoms. The van der Waals surface area contributed by atoms with Crippen LogP contribution >= 0.6 is 0 Å². The smallest absolute Gasteiger partial charge is 0.306 e. The number of hydrogen-bond donors (Lipinski definition) is 0. The van der Waals surface area contributed by atoms with Gasteiger partial charge in [-0.15, -0.1) is 0 Å². The fourth-order valence-corrected chi connectivity index (χ4v) is 8.30. The van der Waals surface area contributed by atoms with Gasteiger partial charge in [0.1, 0.15) is 13.2 Å². The van der Waals surface area contributed by atoms with E-state index in [4.69, 9.17) is 14.2 Å². The van der Waals surface area contributed by atoms with Crippen LogP contribution in [0.4, 0.5) is 0 Å². The lowest BCUT2D eigenvalue weighted by Crippen LogP contribution is -2.30. The fourth-order valence-electron chi connectivity index (χ4n) is 8.30. The zero-order valence-corrected chi connectivity index (χ0v) is 47.2. The van der Waals surface area contributed by atoms with Crippen LogP contribution in [0, 0.1) is 0 Å². The van der Waals surface area contributed by atoms with Crippen LogP contribution in [0.3, 0.4) is 0 Å². The van der Waals surface area contributed by atoms with Crippen LogP contribution in [0.15, 0.2) is 97.2 Å². The Hall–Kier alpha value is -3.67. The molecular weight excluding hydrogens is 889 g/mol. The predicted octanol–water partition coefficient (Wildman–Crippen LogP) is 20.5. The van der Waals surface area contributed by atoms with Crippen molar-refractivity contribution in [2.45, 2.75) is 290 Å². The molecule has 1 unspecified atom stereocenters. The summed E-state index contributed by atoms with van der Waals surface area (Å²) >= 11 is 0. The molecule has 0 aromatic heterocycles. The zero-order chi connectivity index (χ0) is 52.2. The molecule has 0 heterocycles. The number of ether oxygens (including phenoxy) is 3. The molecule has 0 N–H and O–H groups in total. The summed E-state index contributed by atoms with van der Waals surface area (Å²) in [4.78, 5) is 38.2. The average Bonchev–Trinajstić information content (AvgIpc) is 3.38. The molecule has 412 valence electrons. The Labute approximate surface area is 445 Å². The summed E-state index contributed by atoms with van der Waals surface area (Å²) in [7, 11) is 0. The standard InChI is InChI=1S/C66H112O6/c1-4-7-10-13-16-19-22-24-26-28-30-31-32-33-34-35-37-38-40-42-44-47-50-53-56-59-65(68)71-62-63(61-70-64(67)58-55-52-49-46-21-18-15-12-9-6-3)72-66(69)60-57-54-51-48-45-43-41-39-36-29-27-25-23-20-17-14-11-8-5-2/h7,10,16-17,19-20,24-27,30-31,33-34,36,39,63H,4-6,8-9,11-15,18,21-23,28-29,32,35,37-38,40-62H2,1-3H3/b10-7-,19-16-,20-17-,26-24-,27-25-,31-30-,34-33-,39-36-. The lowest BCUT2D eigenvalue weighted by atomic mass is 10.1. The maximum atomic E-state index is 12.9. The van der Waals surface area contributed by atoms with E-state index in [9.17, 15) is 14.4 Å². The van der Waals surface area contributed by atoms with Gasteiger partial charge >= 0.3 is 17.9 Å². The van der Waals surface area contributed by atoms with Gasteiger partial charge in [-0.2, -0.15) is 0 Å². The minimum Gasteiger partial charge on any atom is -0.462 e. The summed E-state index contributed by atoms with van der Waals surface area (Å²) in [5.74, 6) is -0.898. The van der Waals surface area contributed by atoms with E-state index in [0.29, 0.717) is 19.3 Å². The van der Waals surface area contributed by atoms with Gasteiger partial charge < -0.3 is 14.2 Å². The van der Waals surface area contributed by atoms with Gasteiger partial charge in [0.2, 0.25) is 0 Å². The number of carbonyl (C=O) groups is 3. The third-order valence-electron chi connectivity index (χ3n) is 12.8. The number of unbranched alkanes of at least 4 members (excludes halogenated alkanes) is 27. The molecule has 6 heteroatoms. The van der Waals surface area contributed by atoms with E-state index < -0.39 is 6.10 Å². The van der Waals surface area contributed by atoms with E-state index in [0.717, 1.165) is 122 Å². The molecule has 0 aromatic rings. The van der Waals surface area contributed by atoms with Crippen LogP contribution in [-0.2, 0) is 28.6 Å². The Balaban J connectivity index is 4.31. The highest BCUT2D eigenvalue weighted by Gasteiger charge is 2.19. The van der Waals surface area contributed by atoms with Crippen molar-refractivity contribution < 1.29 is 28.6 Å². The Kier molecular flexibility index (Phi) is 56.8. The maximum Gasteiger partial charge on any atom is 0.306 e. The highest BCUT2D eigenvalue weighted by atomic mass is 16.6. The number of carbonyl (C=O) groups excluding carboxylic acids is 3. The Morgan fingerprint density at radius 1 is 0.292 bits per heavy atom. The number of hydrogen-bond acceptors (Lipinski definition) is 6. The van der Waals surface area contributed by atoms with E-state index >= 15 is 0 Å². The molecule has 0 aliphatic heterocycles. The van der Waals surface area contributed by atoms with Gasteiger partial charge in [0, 0.05) is 19.3 Å². The Bertz CT molecular complexity index is 1430. The molecule has 6 nitrogen and oxygen atoms in total. The quantitative estimate of drug-likeness (QED) is 0.0261.